The van der Waals surface area contributed by atoms with E-state index in [0.717, 1.165) is 11.0 Å². The van der Waals surface area contributed by atoms with Crippen LogP contribution in [0.5, 0.6) is 11.5 Å². The summed E-state index contributed by atoms with van der Waals surface area (Å²) in [5.74, 6) is 1.62. The van der Waals surface area contributed by atoms with Gasteiger partial charge in [-0.3, -0.25) is 4.79 Å². The number of anilines is 1. The van der Waals surface area contributed by atoms with E-state index in [0.29, 0.717) is 28.7 Å². The van der Waals surface area contributed by atoms with E-state index in [1.165, 1.54) is 13.2 Å². The number of nitrogens with one attached hydrogen (secondary N) is 2. The van der Waals surface area contributed by atoms with E-state index in [2.05, 4.69) is 15.3 Å². The van der Waals surface area contributed by atoms with Crippen molar-refractivity contribution < 1.29 is 14.6 Å². The molecule has 0 spiro atoms. The van der Waals surface area contributed by atoms with Crippen molar-refractivity contribution >= 4 is 28.1 Å². The standard InChI is InChI=1S/C21H22N4O3/c1-21(2)18(27)17(19-23-15-7-5-6-8-16(15)24-19)20(22-3)25(21)12-9-13(26)11-14(10-12)28-4/h5-11,22,26H,1-4H3,(H,23,24). The lowest BCUT2D eigenvalue weighted by molar-refractivity contribution is -0.116. The van der Waals surface area contributed by atoms with Crippen LogP contribution in [0.3, 0.4) is 0 Å². The van der Waals surface area contributed by atoms with E-state index in [1.807, 2.05) is 43.0 Å². The molecule has 3 aromatic rings. The van der Waals surface area contributed by atoms with Gasteiger partial charge in [0, 0.05) is 25.2 Å². The molecule has 7 heteroatoms. The van der Waals surface area contributed by atoms with Crippen molar-refractivity contribution in [2.75, 3.05) is 19.1 Å². The van der Waals surface area contributed by atoms with Crippen molar-refractivity contribution in [3.05, 3.63) is 54.1 Å². The Bertz CT molecular complexity index is 1080. The minimum Gasteiger partial charge on any atom is -0.508 e. The molecule has 0 saturated heterocycles. The number of aromatic amines is 1. The Balaban J connectivity index is 1.93. The average molecular weight is 378 g/mol. The second-order valence-electron chi connectivity index (χ2n) is 7.19. The molecule has 2 aromatic carbocycles. The van der Waals surface area contributed by atoms with Crippen LogP contribution < -0.4 is 15.0 Å². The molecule has 0 radical (unpaired) electrons. The van der Waals surface area contributed by atoms with Crippen LogP contribution in [0.25, 0.3) is 16.6 Å². The molecule has 7 nitrogen and oxygen atoms in total. The Morgan fingerprint density at radius 3 is 2.64 bits per heavy atom. The number of imidazole rings is 1. The van der Waals surface area contributed by atoms with Gasteiger partial charge in [0.2, 0.25) is 0 Å². The van der Waals surface area contributed by atoms with Crippen LogP contribution in [0.4, 0.5) is 5.69 Å². The van der Waals surface area contributed by atoms with Crippen LogP contribution in [0, 0.1) is 0 Å². The zero-order valence-electron chi connectivity index (χ0n) is 16.2. The maximum absolute atomic E-state index is 13.4. The Morgan fingerprint density at radius 2 is 1.96 bits per heavy atom. The summed E-state index contributed by atoms with van der Waals surface area (Å²) in [7, 11) is 3.30. The molecule has 0 unspecified atom stereocenters. The molecule has 0 fully saturated rings. The average Bonchev–Trinajstić information content (AvgIpc) is 3.17. The molecule has 144 valence electrons. The maximum Gasteiger partial charge on any atom is 0.195 e. The highest BCUT2D eigenvalue weighted by Gasteiger charge is 2.48. The normalized spacial score (nSPS) is 16.1. The van der Waals surface area contributed by atoms with Crippen molar-refractivity contribution in [3.8, 4) is 11.5 Å². The Morgan fingerprint density at radius 1 is 1.21 bits per heavy atom. The molecule has 0 saturated carbocycles. The van der Waals surface area contributed by atoms with Crippen LogP contribution in [-0.4, -0.2) is 40.6 Å². The molecule has 2 heterocycles. The first-order valence-corrected chi connectivity index (χ1v) is 8.97. The Labute approximate surface area is 162 Å². The number of ether oxygens (including phenoxy) is 1. The van der Waals surface area contributed by atoms with Gasteiger partial charge in [-0.05, 0) is 26.0 Å². The van der Waals surface area contributed by atoms with Crippen LogP contribution in [0.15, 0.2) is 48.3 Å². The molecule has 3 N–H and O–H groups in total. The summed E-state index contributed by atoms with van der Waals surface area (Å²) in [6, 6.07) is 12.6. The van der Waals surface area contributed by atoms with Crippen molar-refractivity contribution in [2.24, 2.45) is 0 Å². The quantitative estimate of drug-likeness (QED) is 0.647. The fourth-order valence-electron chi connectivity index (χ4n) is 3.70. The van der Waals surface area contributed by atoms with Gasteiger partial charge in [0.15, 0.2) is 5.78 Å². The van der Waals surface area contributed by atoms with Crippen molar-refractivity contribution in [1.29, 1.82) is 0 Å². The van der Waals surface area contributed by atoms with E-state index >= 15 is 0 Å². The van der Waals surface area contributed by atoms with Gasteiger partial charge < -0.3 is 25.0 Å². The molecule has 1 aromatic heterocycles. The van der Waals surface area contributed by atoms with Crippen molar-refractivity contribution in [3.63, 3.8) is 0 Å². The number of carbonyl (C=O) groups excluding carboxylic acids is 1. The molecule has 0 aliphatic carbocycles. The van der Waals surface area contributed by atoms with Gasteiger partial charge >= 0.3 is 0 Å². The van der Waals surface area contributed by atoms with Gasteiger partial charge in [0.1, 0.15) is 34.3 Å². The summed E-state index contributed by atoms with van der Waals surface area (Å²) >= 11 is 0. The predicted octanol–water partition coefficient (Wildman–Crippen LogP) is 3.03. The number of hydrogen-bond acceptors (Lipinski definition) is 6. The number of ketones is 1. The van der Waals surface area contributed by atoms with Gasteiger partial charge in [-0.25, -0.2) is 4.98 Å². The smallest absolute Gasteiger partial charge is 0.195 e. The number of nitrogens with zero attached hydrogens (tertiary/aromatic N) is 2. The number of aromatic nitrogens is 2. The highest BCUT2D eigenvalue weighted by molar-refractivity contribution is 6.29. The van der Waals surface area contributed by atoms with E-state index in [-0.39, 0.29) is 11.5 Å². The molecule has 0 amide bonds. The number of H-pyrrole nitrogens is 1. The fraction of sp³-hybridized carbons (Fsp3) is 0.238. The number of fused-ring (bicyclic) bond motifs is 1. The maximum atomic E-state index is 13.4. The monoisotopic (exact) mass is 378 g/mol. The lowest BCUT2D eigenvalue weighted by Gasteiger charge is -2.34. The van der Waals surface area contributed by atoms with E-state index in [4.69, 9.17) is 4.74 Å². The number of rotatable bonds is 4. The molecule has 0 atom stereocenters. The summed E-state index contributed by atoms with van der Waals surface area (Å²) in [6.07, 6.45) is 0. The molecule has 1 aliphatic rings. The van der Waals surface area contributed by atoms with Crippen LogP contribution in [-0.2, 0) is 4.79 Å². The number of carbonyl (C=O) groups is 1. The first-order chi connectivity index (χ1) is 13.4. The van der Waals surface area contributed by atoms with Gasteiger partial charge in [-0.1, -0.05) is 12.1 Å². The summed E-state index contributed by atoms with van der Waals surface area (Å²) in [4.78, 5) is 23.1. The fourth-order valence-corrected chi connectivity index (χ4v) is 3.70. The summed E-state index contributed by atoms with van der Waals surface area (Å²) < 4.78 is 5.28. The third-order valence-corrected chi connectivity index (χ3v) is 5.04. The zero-order valence-corrected chi connectivity index (χ0v) is 16.2. The number of phenols is 1. The lowest BCUT2D eigenvalue weighted by atomic mass is 9.95. The summed E-state index contributed by atoms with van der Waals surface area (Å²) in [5, 5.41) is 13.3. The molecule has 28 heavy (non-hydrogen) atoms. The van der Waals surface area contributed by atoms with E-state index < -0.39 is 5.54 Å². The molecular weight excluding hydrogens is 356 g/mol. The SMILES string of the molecule is CNC1=C(c2nc3ccccc3[nH]2)C(=O)C(C)(C)N1c1cc(O)cc(OC)c1. The molecule has 4 rings (SSSR count). The predicted molar refractivity (Wildman–Crippen MR) is 108 cm³/mol. The number of Topliss-reactive ketones (excluding diaryl/α,β-unsaturated/α-hetero) is 1. The van der Waals surface area contributed by atoms with Crippen LogP contribution >= 0.6 is 0 Å². The van der Waals surface area contributed by atoms with Gasteiger partial charge in [0.25, 0.3) is 0 Å². The van der Waals surface area contributed by atoms with Crippen LogP contribution in [0.1, 0.15) is 19.7 Å². The molecular formula is C21H22N4O3. The first-order valence-electron chi connectivity index (χ1n) is 8.97. The third kappa shape index (κ3) is 2.58. The molecule has 0 bridgehead atoms. The van der Waals surface area contributed by atoms with E-state index in [1.54, 1.807) is 19.2 Å². The number of aromatic hydroxyl groups is 1. The number of benzene rings is 2. The summed E-state index contributed by atoms with van der Waals surface area (Å²) in [5.41, 5.74) is 1.90. The Hall–Kier alpha value is -3.48. The number of methoxy groups -OCH3 is 1. The van der Waals surface area contributed by atoms with Gasteiger partial charge in [-0.2, -0.15) is 0 Å². The number of phenolic OH excluding ortho intramolecular Hbond substituents is 1. The zero-order chi connectivity index (χ0) is 20.1. The Kier molecular flexibility index (Phi) is 4.03. The highest BCUT2D eigenvalue weighted by atomic mass is 16.5. The van der Waals surface area contributed by atoms with Crippen LogP contribution in [0.2, 0.25) is 0 Å². The highest BCUT2D eigenvalue weighted by Crippen LogP contribution is 2.42. The topological polar surface area (TPSA) is 90.5 Å². The first kappa shape index (κ1) is 17.9. The second kappa shape index (κ2) is 6.30. The van der Waals surface area contributed by atoms with Gasteiger partial charge in [0.05, 0.1) is 23.8 Å². The third-order valence-electron chi connectivity index (χ3n) is 5.04. The minimum absolute atomic E-state index is 0.0604. The second-order valence-corrected chi connectivity index (χ2v) is 7.19. The minimum atomic E-state index is -0.883. The van der Waals surface area contributed by atoms with Crippen molar-refractivity contribution in [1.82, 2.24) is 15.3 Å². The number of hydrogen-bond donors (Lipinski definition) is 3. The lowest BCUT2D eigenvalue weighted by Crippen LogP contribution is -2.46. The summed E-state index contributed by atoms with van der Waals surface area (Å²) in [6.45, 7) is 3.69. The number of para-hydroxylation sites is 2. The largest absolute Gasteiger partial charge is 0.508 e. The van der Waals surface area contributed by atoms with Crippen molar-refractivity contribution in [2.45, 2.75) is 19.4 Å². The van der Waals surface area contributed by atoms with E-state index in [9.17, 15) is 9.90 Å². The van der Waals surface area contributed by atoms with Gasteiger partial charge in [-0.15, -0.1) is 0 Å². The molecule has 1 aliphatic heterocycles.